The number of likely N-dealkylation sites (tertiary alicyclic amines) is 1. The molecule has 3 aliphatic rings. The fourth-order valence-electron chi connectivity index (χ4n) is 3.65. The molecule has 3 rings (SSSR count). The van der Waals surface area contributed by atoms with Crippen LogP contribution in [0.25, 0.3) is 0 Å². The average Bonchev–Trinajstić information content (AvgIpc) is 3.18. The van der Waals surface area contributed by atoms with Crippen LogP contribution in [0.4, 0.5) is 0 Å². The number of hydrogen-bond acceptors (Lipinski definition) is 6. The summed E-state index contributed by atoms with van der Waals surface area (Å²) < 4.78 is 5.21. The van der Waals surface area contributed by atoms with Gasteiger partial charge in [0.15, 0.2) is 11.7 Å². The number of hydrogen-bond donors (Lipinski definition) is 2. The van der Waals surface area contributed by atoms with Crippen LogP contribution in [-0.4, -0.2) is 65.1 Å². The van der Waals surface area contributed by atoms with Crippen LogP contribution in [0.15, 0.2) is 0 Å². The average molecular weight is 324 g/mol. The molecule has 0 aromatic carbocycles. The van der Waals surface area contributed by atoms with E-state index >= 15 is 0 Å². The normalized spacial score (nSPS) is 29.6. The zero-order valence-corrected chi connectivity index (χ0v) is 13.6. The van der Waals surface area contributed by atoms with Crippen molar-refractivity contribution < 1.29 is 19.1 Å². The fraction of sp³-hybridized carbons (Fsp3) is 0.800. The first-order valence-corrected chi connectivity index (χ1v) is 8.27. The highest BCUT2D eigenvalue weighted by molar-refractivity contribution is 5.96. The molecule has 3 saturated heterocycles. The maximum absolute atomic E-state index is 12.8. The van der Waals surface area contributed by atoms with Crippen LogP contribution in [0.3, 0.4) is 0 Å². The van der Waals surface area contributed by atoms with Gasteiger partial charge in [0.25, 0.3) is 11.8 Å². The first-order valence-electron chi connectivity index (χ1n) is 8.27. The predicted molar refractivity (Wildman–Crippen MR) is 80.8 cm³/mol. The number of nitrogens with one attached hydrogen (secondary N) is 2. The number of esters is 1. The summed E-state index contributed by atoms with van der Waals surface area (Å²) in [5, 5.41) is 4.50. The van der Waals surface area contributed by atoms with E-state index in [0.717, 1.165) is 25.8 Å². The molecule has 2 amide bonds. The van der Waals surface area contributed by atoms with Gasteiger partial charge in [-0.1, -0.05) is 0 Å². The van der Waals surface area contributed by atoms with Gasteiger partial charge in [-0.2, -0.15) is 0 Å². The molecular formula is C15H24N4O4. The number of carbonyl (C=O) groups excluding carboxylic acids is 3. The smallest absolute Gasteiger partial charge is 0.302 e. The molecule has 3 aliphatic heterocycles. The standard InChI is InChI=1S/C15H24N4O4/c1-10(23-11(2)20)12(13(21)18-8-3-4-9-18)19-14(22)15(17-19)6-5-7-16-15/h10,12,16-17H,3-9H2,1-2H3/t10-,12?,15?/m1/s1. The van der Waals surface area contributed by atoms with E-state index in [-0.39, 0.29) is 11.8 Å². The second kappa shape index (κ2) is 6.09. The van der Waals surface area contributed by atoms with Gasteiger partial charge in [-0.3, -0.25) is 24.7 Å². The number of hydrazine groups is 1. The largest absolute Gasteiger partial charge is 0.460 e. The van der Waals surface area contributed by atoms with Crippen molar-refractivity contribution in [3.05, 3.63) is 0 Å². The Bertz CT molecular complexity index is 512. The quantitative estimate of drug-likeness (QED) is 0.668. The fourth-order valence-corrected chi connectivity index (χ4v) is 3.65. The number of amides is 2. The molecule has 2 N–H and O–H groups in total. The van der Waals surface area contributed by atoms with Crippen molar-refractivity contribution in [2.45, 2.75) is 57.3 Å². The van der Waals surface area contributed by atoms with E-state index in [0.29, 0.717) is 19.5 Å². The van der Waals surface area contributed by atoms with Gasteiger partial charge in [0.1, 0.15) is 6.10 Å². The summed E-state index contributed by atoms with van der Waals surface area (Å²) in [6, 6.07) is -0.822. The third kappa shape index (κ3) is 2.81. The van der Waals surface area contributed by atoms with Crippen molar-refractivity contribution in [1.29, 1.82) is 0 Å². The molecule has 3 fully saturated rings. The lowest BCUT2D eigenvalue weighted by molar-refractivity contribution is -0.186. The van der Waals surface area contributed by atoms with Gasteiger partial charge in [-0.15, -0.1) is 0 Å². The van der Waals surface area contributed by atoms with Crippen LogP contribution in [0.1, 0.15) is 39.5 Å². The minimum atomic E-state index is -0.822. The Balaban J connectivity index is 1.76. The number of rotatable bonds is 4. The molecule has 3 heterocycles. The summed E-state index contributed by atoms with van der Waals surface area (Å²) in [5.74, 6) is -0.769. The SMILES string of the molecule is CC(=O)O[C@H](C)C(C(=O)N1CCCC1)N1NC2(CCCN2)C1=O. The highest BCUT2D eigenvalue weighted by Gasteiger charge is 2.58. The Morgan fingerprint density at radius 1 is 1.26 bits per heavy atom. The first-order chi connectivity index (χ1) is 10.9. The molecule has 0 aromatic heterocycles. The Morgan fingerprint density at radius 2 is 1.96 bits per heavy atom. The minimum absolute atomic E-state index is 0.147. The zero-order valence-electron chi connectivity index (χ0n) is 13.6. The maximum Gasteiger partial charge on any atom is 0.302 e. The van der Waals surface area contributed by atoms with E-state index < -0.39 is 23.8 Å². The summed E-state index contributed by atoms with van der Waals surface area (Å²) >= 11 is 0. The van der Waals surface area contributed by atoms with Gasteiger partial charge in [0.2, 0.25) is 0 Å². The van der Waals surface area contributed by atoms with Crippen molar-refractivity contribution in [3.8, 4) is 0 Å². The van der Waals surface area contributed by atoms with Crippen LogP contribution in [0.5, 0.6) is 0 Å². The lowest BCUT2D eigenvalue weighted by Crippen LogP contribution is -2.83. The molecule has 3 atom stereocenters. The van der Waals surface area contributed by atoms with E-state index in [9.17, 15) is 14.4 Å². The summed E-state index contributed by atoms with van der Waals surface area (Å²) in [5.41, 5.74) is 2.36. The van der Waals surface area contributed by atoms with E-state index in [1.807, 2.05) is 0 Å². The topological polar surface area (TPSA) is 91.0 Å². The van der Waals surface area contributed by atoms with Gasteiger partial charge >= 0.3 is 5.97 Å². The Morgan fingerprint density at radius 3 is 2.48 bits per heavy atom. The van der Waals surface area contributed by atoms with E-state index in [1.165, 1.54) is 11.9 Å². The Hall–Kier alpha value is -1.67. The lowest BCUT2D eigenvalue weighted by atomic mass is 9.99. The van der Waals surface area contributed by atoms with Crippen LogP contribution in [0, 0.1) is 0 Å². The summed E-state index contributed by atoms with van der Waals surface area (Å²) in [7, 11) is 0. The summed E-state index contributed by atoms with van der Waals surface area (Å²) in [6.45, 7) is 5.11. The molecule has 0 saturated carbocycles. The number of nitrogens with zero attached hydrogens (tertiary/aromatic N) is 2. The van der Waals surface area contributed by atoms with Crippen LogP contribution >= 0.6 is 0 Å². The molecule has 8 heteroatoms. The molecular weight excluding hydrogens is 300 g/mol. The number of ether oxygens (including phenoxy) is 1. The predicted octanol–water partition coefficient (Wildman–Crippen LogP) is -0.644. The number of carbonyl (C=O) groups is 3. The Labute approximate surface area is 135 Å². The summed E-state index contributed by atoms with van der Waals surface area (Å²) in [4.78, 5) is 38.5. The van der Waals surface area contributed by atoms with Crippen molar-refractivity contribution >= 4 is 17.8 Å². The highest BCUT2D eigenvalue weighted by atomic mass is 16.5. The molecule has 0 radical (unpaired) electrons. The molecule has 23 heavy (non-hydrogen) atoms. The van der Waals surface area contributed by atoms with Crippen LogP contribution in [0.2, 0.25) is 0 Å². The van der Waals surface area contributed by atoms with Gasteiger partial charge in [0, 0.05) is 20.0 Å². The summed E-state index contributed by atoms with van der Waals surface area (Å²) in [6.07, 6.45) is 2.85. The van der Waals surface area contributed by atoms with Crippen molar-refractivity contribution in [2.75, 3.05) is 19.6 Å². The van der Waals surface area contributed by atoms with Gasteiger partial charge < -0.3 is 9.64 Å². The molecule has 128 valence electrons. The second-order valence-corrected chi connectivity index (χ2v) is 6.51. The zero-order chi connectivity index (χ0) is 16.6. The monoisotopic (exact) mass is 324 g/mol. The molecule has 0 aromatic rings. The molecule has 1 spiro atoms. The molecule has 2 unspecified atom stereocenters. The van der Waals surface area contributed by atoms with Gasteiger partial charge in [-0.25, -0.2) is 5.43 Å². The third-order valence-electron chi connectivity index (χ3n) is 4.80. The van der Waals surface area contributed by atoms with Crippen molar-refractivity contribution in [2.24, 2.45) is 0 Å². The van der Waals surface area contributed by atoms with E-state index in [1.54, 1.807) is 11.8 Å². The third-order valence-corrected chi connectivity index (χ3v) is 4.80. The van der Waals surface area contributed by atoms with Crippen molar-refractivity contribution in [1.82, 2.24) is 20.7 Å². The molecule has 8 nitrogen and oxygen atoms in total. The molecule has 0 aliphatic carbocycles. The van der Waals surface area contributed by atoms with Gasteiger partial charge in [0.05, 0.1) is 0 Å². The van der Waals surface area contributed by atoms with Crippen LogP contribution in [-0.2, 0) is 19.1 Å². The van der Waals surface area contributed by atoms with Gasteiger partial charge in [-0.05, 0) is 39.2 Å². The minimum Gasteiger partial charge on any atom is -0.460 e. The first kappa shape index (κ1) is 16.2. The van der Waals surface area contributed by atoms with E-state index in [4.69, 9.17) is 4.74 Å². The van der Waals surface area contributed by atoms with Crippen molar-refractivity contribution in [3.63, 3.8) is 0 Å². The van der Waals surface area contributed by atoms with Crippen LogP contribution < -0.4 is 10.7 Å². The highest BCUT2D eigenvalue weighted by Crippen LogP contribution is 2.30. The maximum atomic E-state index is 12.8. The Kier molecular flexibility index (Phi) is 4.29. The van der Waals surface area contributed by atoms with E-state index in [2.05, 4.69) is 10.7 Å². The lowest BCUT2D eigenvalue weighted by Gasteiger charge is -2.51. The molecule has 0 bridgehead atoms. The second-order valence-electron chi connectivity index (χ2n) is 6.51.